The topological polar surface area (TPSA) is 87.3 Å². The number of likely N-dealkylation sites (N-methyl/N-ethyl adjacent to an activating group) is 1. The molecule has 1 aromatic rings. The van der Waals surface area contributed by atoms with Gasteiger partial charge in [-0.25, -0.2) is 0 Å². The fraction of sp³-hybridized carbons (Fsp3) is 0.571. The number of amides is 2. The molecule has 0 aliphatic heterocycles. The van der Waals surface area contributed by atoms with E-state index < -0.39 is 23.3 Å². The Morgan fingerprint density at radius 2 is 1.74 bits per heavy atom. The molecule has 148 valence electrons. The van der Waals surface area contributed by atoms with Gasteiger partial charge in [0.15, 0.2) is 0 Å². The molecule has 1 saturated carbocycles. The molecule has 2 rings (SSSR count). The Morgan fingerprint density at radius 3 is 2.33 bits per heavy atom. The second kappa shape index (κ2) is 10.2. The third-order valence-corrected chi connectivity index (χ3v) is 5.34. The number of unbranched alkanes of at least 4 members (excludes halogenated alkanes) is 1. The van der Waals surface area contributed by atoms with Crippen LogP contribution in [0.5, 0.6) is 0 Å². The van der Waals surface area contributed by atoms with Crippen LogP contribution in [0.25, 0.3) is 0 Å². The summed E-state index contributed by atoms with van der Waals surface area (Å²) in [6.45, 7) is 2.02. The molecule has 27 heavy (non-hydrogen) atoms. The smallest absolute Gasteiger partial charge is 0.293 e. The molecule has 0 heterocycles. The van der Waals surface area contributed by atoms with Gasteiger partial charge in [-0.2, -0.15) is 0 Å². The number of Topliss-reactive ketones (excluding diaryl/α,β-unsaturated/α-hetero) is 1. The van der Waals surface area contributed by atoms with Crippen molar-refractivity contribution in [2.24, 2.45) is 0 Å². The monoisotopic (exact) mass is 373 g/mol. The van der Waals surface area contributed by atoms with Crippen LogP contribution in [0.4, 0.5) is 5.69 Å². The number of hydrogen-bond acceptors (Lipinski definition) is 4. The summed E-state index contributed by atoms with van der Waals surface area (Å²) in [5, 5.41) is 8.65. The van der Waals surface area contributed by atoms with E-state index in [-0.39, 0.29) is 5.91 Å². The van der Waals surface area contributed by atoms with Gasteiger partial charge in [0.25, 0.3) is 5.91 Å². The highest BCUT2D eigenvalue weighted by atomic mass is 16.2. The zero-order valence-corrected chi connectivity index (χ0v) is 16.3. The van der Waals surface area contributed by atoms with Crippen molar-refractivity contribution in [3.8, 4) is 0 Å². The maximum Gasteiger partial charge on any atom is 0.293 e. The first-order valence-electron chi connectivity index (χ1n) is 9.92. The number of nitrogens with one attached hydrogen (secondary N) is 3. The van der Waals surface area contributed by atoms with E-state index >= 15 is 0 Å². The molecule has 6 heteroatoms. The molecule has 0 aromatic heterocycles. The fourth-order valence-corrected chi connectivity index (χ4v) is 3.59. The van der Waals surface area contributed by atoms with E-state index in [1.165, 1.54) is 0 Å². The second-order valence-electron chi connectivity index (χ2n) is 7.25. The molecule has 1 fully saturated rings. The second-order valence-corrected chi connectivity index (χ2v) is 7.25. The van der Waals surface area contributed by atoms with E-state index in [0.29, 0.717) is 12.1 Å². The van der Waals surface area contributed by atoms with Crippen LogP contribution in [0.2, 0.25) is 0 Å². The summed E-state index contributed by atoms with van der Waals surface area (Å²) in [7, 11) is 1.79. The number of anilines is 1. The molecule has 2 amide bonds. The molecule has 1 aromatic carbocycles. The Hall–Kier alpha value is -2.21. The lowest BCUT2D eigenvalue weighted by Gasteiger charge is -2.36. The van der Waals surface area contributed by atoms with Crippen molar-refractivity contribution < 1.29 is 14.4 Å². The molecule has 0 radical (unpaired) electrons. The van der Waals surface area contributed by atoms with E-state index in [9.17, 15) is 14.4 Å². The lowest BCUT2D eigenvalue weighted by Crippen LogP contribution is -2.60. The van der Waals surface area contributed by atoms with Crippen molar-refractivity contribution in [2.75, 3.05) is 12.4 Å². The highest BCUT2D eigenvalue weighted by Crippen LogP contribution is 2.28. The quantitative estimate of drug-likeness (QED) is 0.581. The van der Waals surface area contributed by atoms with Crippen molar-refractivity contribution in [2.45, 2.75) is 69.9 Å². The van der Waals surface area contributed by atoms with Crippen LogP contribution in [-0.4, -0.2) is 36.2 Å². The lowest BCUT2D eigenvalue weighted by molar-refractivity contribution is -0.138. The molecule has 1 atom stereocenters. The Kier molecular flexibility index (Phi) is 7.98. The van der Waals surface area contributed by atoms with E-state index in [4.69, 9.17) is 0 Å². The van der Waals surface area contributed by atoms with Gasteiger partial charge >= 0.3 is 0 Å². The number of hydrogen-bond donors (Lipinski definition) is 3. The number of carbonyl (C=O) groups is 3. The van der Waals surface area contributed by atoms with Crippen molar-refractivity contribution in [1.29, 1.82) is 0 Å². The molecule has 6 nitrogen and oxygen atoms in total. The SMILES string of the molecule is CCCC[C@H](NC(=O)C1(NC)CCCCC1)C(=O)C(=O)Nc1ccccc1. The fourth-order valence-electron chi connectivity index (χ4n) is 3.59. The summed E-state index contributed by atoms with van der Waals surface area (Å²) in [5.74, 6) is -1.46. The summed E-state index contributed by atoms with van der Waals surface area (Å²) < 4.78 is 0. The summed E-state index contributed by atoms with van der Waals surface area (Å²) >= 11 is 0. The van der Waals surface area contributed by atoms with Crippen LogP contribution in [0.15, 0.2) is 30.3 Å². The molecular formula is C21H31N3O3. The maximum atomic E-state index is 13.0. The summed E-state index contributed by atoms with van der Waals surface area (Å²) in [6.07, 6.45) is 6.70. The minimum Gasteiger partial charge on any atom is -0.344 e. The van der Waals surface area contributed by atoms with Crippen LogP contribution >= 0.6 is 0 Å². The van der Waals surface area contributed by atoms with E-state index in [1.54, 1.807) is 31.3 Å². The van der Waals surface area contributed by atoms with Crippen molar-refractivity contribution in [3.63, 3.8) is 0 Å². The highest BCUT2D eigenvalue weighted by molar-refractivity contribution is 6.42. The molecule has 0 saturated heterocycles. The summed E-state index contributed by atoms with van der Waals surface area (Å²) in [4.78, 5) is 38.1. The molecule has 3 N–H and O–H groups in total. The normalized spacial score (nSPS) is 17.0. The minimum absolute atomic E-state index is 0.174. The van der Waals surface area contributed by atoms with Crippen LogP contribution in [0.3, 0.4) is 0 Å². The van der Waals surface area contributed by atoms with Crippen LogP contribution in [0.1, 0.15) is 58.3 Å². The predicted molar refractivity (Wildman–Crippen MR) is 106 cm³/mol. The van der Waals surface area contributed by atoms with Gasteiger partial charge in [0.05, 0.1) is 11.6 Å². The Balaban J connectivity index is 2.07. The van der Waals surface area contributed by atoms with Crippen LogP contribution < -0.4 is 16.0 Å². The van der Waals surface area contributed by atoms with Gasteiger partial charge in [0.1, 0.15) is 0 Å². The van der Waals surface area contributed by atoms with Gasteiger partial charge < -0.3 is 16.0 Å². The maximum absolute atomic E-state index is 13.0. The largest absolute Gasteiger partial charge is 0.344 e. The molecule has 1 aliphatic rings. The molecule has 0 unspecified atom stereocenters. The minimum atomic E-state index is -0.798. The van der Waals surface area contributed by atoms with Crippen molar-refractivity contribution in [1.82, 2.24) is 10.6 Å². The average molecular weight is 373 g/mol. The van der Waals surface area contributed by atoms with Crippen LogP contribution in [0, 0.1) is 0 Å². The first-order chi connectivity index (χ1) is 13.0. The number of rotatable bonds is 9. The zero-order chi connectivity index (χ0) is 19.7. The first kappa shape index (κ1) is 21.1. The third-order valence-electron chi connectivity index (χ3n) is 5.34. The molecule has 0 bridgehead atoms. The van der Waals surface area contributed by atoms with Gasteiger partial charge in [0.2, 0.25) is 11.7 Å². The third kappa shape index (κ3) is 5.63. The predicted octanol–water partition coefficient (Wildman–Crippen LogP) is 2.79. The number of para-hydroxylation sites is 1. The number of ketones is 1. The Morgan fingerprint density at radius 1 is 1.07 bits per heavy atom. The van der Waals surface area contributed by atoms with Crippen LogP contribution in [-0.2, 0) is 14.4 Å². The van der Waals surface area contributed by atoms with Gasteiger partial charge in [-0.1, -0.05) is 57.2 Å². The van der Waals surface area contributed by atoms with Crippen molar-refractivity contribution in [3.05, 3.63) is 30.3 Å². The number of carbonyl (C=O) groups excluding carboxylic acids is 3. The van der Waals surface area contributed by atoms with E-state index in [0.717, 1.165) is 44.9 Å². The van der Waals surface area contributed by atoms with Gasteiger partial charge in [0, 0.05) is 5.69 Å². The van der Waals surface area contributed by atoms with Crippen molar-refractivity contribution >= 4 is 23.3 Å². The number of benzene rings is 1. The summed E-state index contributed by atoms with van der Waals surface area (Å²) in [5.41, 5.74) is -0.0748. The highest BCUT2D eigenvalue weighted by Gasteiger charge is 2.40. The molecular weight excluding hydrogens is 342 g/mol. The first-order valence-corrected chi connectivity index (χ1v) is 9.92. The van der Waals surface area contributed by atoms with Gasteiger partial charge in [-0.05, 0) is 38.4 Å². The zero-order valence-electron chi connectivity index (χ0n) is 16.3. The van der Waals surface area contributed by atoms with E-state index in [1.807, 2.05) is 13.0 Å². The Labute approximate surface area is 161 Å². The summed E-state index contributed by atoms with van der Waals surface area (Å²) in [6, 6.07) is 8.06. The van der Waals surface area contributed by atoms with E-state index in [2.05, 4.69) is 16.0 Å². The molecule has 0 spiro atoms. The van der Waals surface area contributed by atoms with Gasteiger partial charge in [-0.15, -0.1) is 0 Å². The molecule has 1 aliphatic carbocycles. The standard InChI is InChI=1S/C21H31N3O3/c1-3-4-13-17(18(25)19(26)23-16-11-7-5-8-12-16)24-20(27)21(22-2)14-9-6-10-15-21/h5,7-8,11-12,17,22H,3-4,6,9-10,13-15H2,1-2H3,(H,23,26)(H,24,27)/t17-/m0/s1. The average Bonchev–Trinajstić information content (AvgIpc) is 2.71. The Bertz CT molecular complexity index is 639. The lowest BCUT2D eigenvalue weighted by atomic mass is 9.80. The van der Waals surface area contributed by atoms with Gasteiger partial charge in [-0.3, -0.25) is 14.4 Å².